The number of rotatable bonds is 5. The summed E-state index contributed by atoms with van der Waals surface area (Å²) in [6.45, 7) is 1.93. The molecule has 0 saturated carbocycles. The Hall–Kier alpha value is -1.81. The van der Waals surface area contributed by atoms with Gasteiger partial charge in [-0.2, -0.15) is 0 Å². The van der Waals surface area contributed by atoms with Crippen molar-refractivity contribution in [1.29, 1.82) is 0 Å². The molecule has 0 atom stereocenters. The van der Waals surface area contributed by atoms with Crippen LogP contribution in [0.15, 0.2) is 46.9 Å². The molecule has 0 fully saturated rings. The molecule has 104 valence electrons. The van der Waals surface area contributed by atoms with E-state index in [9.17, 15) is 4.79 Å². The minimum atomic E-state index is -0.113. The average molecular weight is 335 g/mol. The number of benzene rings is 2. The van der Waals surface area contributed by atoms with E-state index in [0.29, 0.717) is 17.1 Å². The third kappa shape index (κ3) is 3.39. The zero-order chi connectivity index (χ0) is 14.5. The Morgan fingerprint density at radius 2 is 1.90 bits per heavy atom. The van der Waals surface area contributed by atoms with Crippen molar-refractivity contribution in [2.45, 2.75) is 6.92 Å². The molecule has 2 rings (SSSR count). The Morgan fingerprint density at radius 1 is 1.15 bits per heavy atom. The highest BCUT2D eigenvalue weighted by molar-refractivity contribution is 9.10. The van der Waals surface area contributed by atoms with Crippen molar-refractivity contribution in [1.82, 2.24) is 0 Å². The first-order chi connectivity index (χ1) is 9.61. The molecule has 0 N–H and O–H groups in total. The fourth-order valence-corrected chi connectivity index (χ4v) is 2.21. The van der Waals surface area contributed by atoms with E-state index in [-0.39, 0.29) is 12.4 Å². The number of para-hydroxylation sites is 1. The predicted molar refractivity (Wildman–Crippen MR) is 81.7 cm³/mol. The van der Waals surface area contributed by atoms with Gasteiger partial charge in [-0.25, -0.2) is 0 Å². The lowest BCUT2D eigenvalue weighted by molar-refractivity contribution is 0.0918. The molecule has 2 aromatic carbocycles. The normalized spacial score (nSPS) is 10.2. The lowest BCUT2D eigenvalue weighted by Gasteiger charge is -2.10. The zero-order valence-electron chi connectivity index (χ0n) is 11.4. The topological polar surface area (TPSA) is 35.5 Å². The summed E-state index contributed by atoms with van der Waals surface area (Å²) < 4.78 is 11.6. The number of Topliss-reactive ketones (excluding diaryl/α,β-unsaturated/α-hetero) is 1. The number of hydrogen-bond acceptors (Lipinski definition) is 3. The van der Waals surface area contributed by atoms with E-state index >= 15 is 0 Å². The molecule has 20 heavy (non-hydrogen) atoms. The van der Waals surface area contributed by atoms with Gasteiger partial charge in [0.1, 0.15) is 11.5 Å². The van der Waals surface area contributed by atoms with Crippen molar-refractivity contribution >= 4 is 21.7 Å². The van der Waals surface area contributed by atoms with Crippen molar-refractivity contribution < 1.29 is 14.3 Å². The molecule has 0 aromatic heterocycles. The summed E-state index contributed by atoms with van der Waals surface area (Å²) in [5, 5.41) is 0. The van der Waals surface area contributed by atoms with Crippen molar-refractivity contribution in [3.8, 4) is 11.5 Å². The lowest BCUT2D eigenvalue weighted by atomic mass is 10.1. The second-order valence-electron chi connectivity index (χ2n) is 4.35. The highest BCUT2D eigenvalue weighted by Crippen LogP contribution is 2.25. The van der Waals surface area contributed by atoms with Crippen molar-refractivity contribution in [2.24, 2.45) is 0 Å². The van der Waals surface area contributed by atoms with Crippen LogP contribution in [-0.4, -0.2) is 19.5 Å². The molecule has 0 aliphatic heterocycles. The fourth-order valence-electron chi connectivity index (χ4n) is 1.81. The van der Waals surface area contributed by atoms with Crippen LogP contribution in [0, 0.1) is 6.92 Å². The first-order valence-corrected chi connectivity index (χ1v) is 6.96. The van der Waals surface area contributed by atoms with Gasteiger partial charge in [-0.1, -0.05) is 18.2 Å². The van der Waals surface area contributed by atoms with Crippen LogP contribution in [0.5, 0.6) is 11.5 Å². The molecule has 0 aliphatic carbocycles. The van der Waals surface area contributed by atoms with E-state index in [1.807, 2.05) is 43.3 Å². The second kappa shape index (κ2) is 6.57. The van der Waals surface area contributed by atoms with Crippen LogP contribution in [0.25, 0.3) is 0 Å². The maximum absolute atomic E-state index is 12.2. The first-order valence-electron chi connectivity index (χ1n) is 6.17. The van der Waals surface area contributed by atoms with Crippen molar-refractivity contribution in [2.75, 3.05) is 13.7 Å². The molecule has 0 saturated heterocycles. The van der Waals surface area contributed by atoms with Crippen LogP contribution >= 0.6 is 15.9 Å². The molecule has 2 aromatic rings. The summed E-state index contributed by atoms with van der Waals surface area (Å²) in [6.07, 6.45) is 0. The minimum Gasteiger partial charge on any atom is -0.496 e. The Kier molecular flexibility index (Phi) is 4.79. The van der Waals surface area contributed by atoms with Gasteiger partial charge in [0.2, 0.25) is 5.78 Å². The van der Waals surface area contributed by atoms with E-state index in [4.69, 9.17) is 9.47 Å². The molecule has 0 radical (unpaired) electrons. The lowest BCUT2D eigenvalue weighted by Crippen LogP contribution is -2.13. The number of aryl methyl sites for hydroxylation is 1. The van der Waals surface area contributed by atoms with E-state index in [1.165, 1.54) is 0 Å². The number of methoxy groups -OCH3 is 1. The van der Waals surface area contributed by atoms with Crippen LogP contribution in [0.2, 0.25) is 0 Å². The summed E-state index contributed by atoms with van der Waals surface area (Å²) in [7, 11) is 1.56. The molecule has 0 heterocycles. The molecule has 3 nitrogen and oxygen atoms in total. The molecule has 4 heteroatoms. The number of halogens is 1. The van der Waals surface area contributed by atoms with E-state index in [1.54, 1.807) is 13.2 Å². The highest BCUT2D eigenvalue weighted by atomic mass is 79.9. The van der Waals surface area contributed by atoms with Crippen LogP contribution in [0.4, 0.5) is 0 Å². The maximum atomic E-state index is 12.2. The standard InChI is InChI=1S/C16H15BrO3/c1-11-7-8-12(16(9-11)19-2)14(18)10-20-15-6-4-3-5-13(15)17/h3-9H,10H2,1-2H3. The average Bonchev–Trinajstić information content (AvgIpc) is 2.46. The third-order valence-electron chi connectivity index (χ3n) is 2.85. The molecular formula is C16H15BrO3. The third-order valence-corrected chi connectivity index (χ3v) is 3.51. The largest absolute Gasteiger partial charge is 0.496 e. The number of ether oxygens (including phenoxy) is 2. The number of hydrogen-bond donors (Lipinski definition) is 0. The van der Waals surface area contributed by atoms with Crippen LogP contribution < -0.4 is 9.47 Å². The van der Waals surface area contributed by atoms with Gasteiger partial charge >= 0.3 is 0 Å². The van der Waals surface area contributed by atoms with Crippen molar-refractivity contribution in [3.05, 3.63) is 58.1 Å². The molecule has 0 aliphatic rings. The SMILES string of the molecule is COc1cc(C)ccc1C(=O)COc1ccccc1Br. The summed E-state index contributed by atoms with van der Waals surface area (Å²) in [4.78, 5) is 12.2. The van der Waals surface area contributed by atoms with Gasteiger partial charge in [-0.15, -0.1) is 0 Å². The van der Waals surface area contributed by atoms with Gasteiger partial charge in [0.25, 0.3) is 0 Å². The van der Waals surface area contributed by atoms with E-state index in [2.05, 4.69) is 15.9 Å². The molecule has 0 bridgehead atoms. The number of carbonyl (C=O) groups excluding carboxylic acids is 1. The Bertz CT molecular complexity index is 623. The Labute approximate surface area is 126 Å². The number of ketones is 1. The zero-order valence-corrected chi connectivity index (χ0v) is 12.9. The minimum absolute atomic E-state index is 0.0258. The van der Waals surface area contributed by atoms with E-state index < -0.39 is 0 Å². The van der Waals surface area contributed by atoms with Gasteiger partial charge in [0, 0.05) is 0 Å². The maximum Gasteiger partial charge on any atom is 0.203 e. The van der Waals surface area contributed by atoms with Gasteiger partial charge < -0.3 is 9.47 Å². The fraction of sp³-hybridized carbons (Fsp3) is 0.188. The number of carbonyl (C=O) groups is 1. The molecule has 0 unspecified atom stereocenters. The highest BCUT2D eigenvalue weighted by Gasteiger charge is 2.13. The summed E-state index contributed by atoms with van der Waals surface area (Å²) in [5.41, 5.74) is 1.58. The Balaban J connectivity index is 2.11. The van der Waals surface area contributed by atoms with Gasteiger partial charge in [-0.05, 0) is 52.7 Å². The van der Waals surface area contributed by atoms with Gasteiger partial charge in [-0.3, -0.25) is 4.79 Å². The smallest absolute Gasteiger partial charge is 0.203 e. The summed E-state index contributed by atoms with van der Waals surface area (Å²) >= 11 is 3.38. The quantitative estimate of drug-likeness (QED) is 0.774. The molecule has 0 amide bonds. The van der Waals surface area contributed by atoms with Crippen LogP contribution in [0.1, 0.15) is 15.9 Å². The first kappa shape index (κ1) is 14.6. The van der Waals surface area contributed by atoms with Crippen LogP contribution in [-0.2, 0) is 0 Å². The molecular weight excluding hydrogens is 320 g/mol. The summed E-state index contributed by atoms with van der Waals surface area (Å²) in [5.74, 6) is 1.11. The van der Waals surface area contributed by atoms with Crippen LogP contribution in [0.3, 0.4) is 0 Å². The Morgan fingerprint density at radius 3 is 2.60 bits per heavy atom. The second-order valence-corrected chi connectivity index (χ2v) is 5.20. The summed E-state index contributed by atoms with van der Waals surface area (Å²) in [6, 6.07) is 12.9. The molecule has 0 spiro atoms. The van der Waals surface area contributed by atoms with E-state index in [0.717, 1.165) is 10.0 Å². The van der Waals surface area contributed by atoms with Gasteiger partial charge in [0.15, 0.2) is 6.61 Å². The van der Waals surface area contributed by atoms with Gasteiger partial charge in [0.05, 0.1) is 17.1 Å². The predicted octanol–water partition coefficient (Wildman–Crippen LogP) is 4.03. The monoisotopic (exact) mass is 334 g/mol. The van der Waals surface area contributed by atoms with Crippen molar-refractivity contribution in [3.63, 3.8) is 0 Å².